The van der Waals surface area contributed by atoms with Gasteiger partial charge in [-0.1, -0.05) is 0 Å². The van der Waals surface area contributed by atoms with Gasteiger partial charge in [0.1, 0.15) is 5.60 Å². The van der Waals surface area contributed by atoms with Gasteiger partial charge in [-0.25, -0.2) is 4.79 Å². The molecular weight excluding hydrogens is 284 g/mol. The minimum absolute atomic E-state index is 0.000714. The molecule has 6 heteroatoms. The fraction of sp³-hybridized carbons (Fsp3) is 0.875. The van der Waals surface area contributed by atoms with Gasteiger partial charge in [0.2, 0.25) is 5.91 Å². The highest BCUT2D eigenvalue weighted by molar-refractivity contribution is 5.76. The van der Waals surface area contributed by atoms with E-state index >= 15 is 0 Å². The summed E-state index contributed by atoms with van der Waals surface area (Å²) >= 11 is 0. The topological polar surface area (TPSA) is 87.7 Å². The zero-order valence-corrected chi connectivity index (χ0v) is 14.1. The van der Waals surface area contributed by atoms with Crippen LogP contribution in [-0.2, 0) is 9.53 Å². The lowest BCUT2D eigenvalue weighted by Crippen LogP contribution is -2.40. The molecule has 1 rings (SSSR count). The molecular formula is C16H30N2O4. The Morgan fingerprint density at radius 2 is 1.82 bits per heavy atom. The molecule has 1 aliphatic rings. The third kappa shape index (κ3) is 8.22. The standard InChI is InChI=1S/C16H30N2O4/c1-11(17-15(21)22-16(2,3)4)5-10-14(20)18-12-6-8-13(19)9-7-12/h11-13,19H,5-10H2,1-4H3,(H,17,21)(H,18,20). The molecule has 1 fully saturated rings. The van der Waals surface area contributed by atoms with E-state index in [0.717, 1.165) is 25.7 Å². The largest absolute Gasteiger partial charge is 0.444 e. The van der Waals surface area contributed by atoms with Crippen LogP contribution < -0.4 is 10.6 Å². The van der Waals surface area contributed by atoms with Crippen LogP contribution in [0.1, 0.15) is 66.2 Å². The molecule has 3 N–H and O–H groups in total. The first-order chi connectivity index (χ1) is 10.2. The molecule has 1 saturated carbocycles. The maximum atomic E-state index is 11.9. The second-order valence-electron chi connectivity index (χ2n) is 7.16. The summed E-state index contributed by atoms with van der Waals surface area (Å²) in [7, 11) is 0. The highest BCUT2D eigenvalue weighted by Gasteiger charge is 2.21. The average molecular weight is 314 g/mol. The molecule has 22 heavy (non-hydrogen) atoms. The molecule has 0 bridgehead atoms. The molecule has 0 aliphatic heterocycles. The van der Waals surface area contributed by atoms with Crippen LogP contribution in [-0.4, -0.2) is 40.9 Å². The number of amides is 2. The van der Waals surface area contributed by atoms with Crippen molar-refractivity contribution in [3.8, 4) is 0 Å². The monoisotopic (exact) mass is 314 g/mol. The molecule has 1 atom stereocenters. The number of carbonyl (C=O) groups is 2. The molecule has 1 unspecified atom stereocenters. The van der Waals surface area contributed by atoms with Crippen molar-refractivity contribution in [3.63, 3.8) is 0 Å². The van der Waals surface area contributed by atoms with Crippen LogP contribution in [0.15, 0.2) is 0 Å². The Hall–Kier alpha value is -1.30. The maximum absolute atomic E-state index is 11.9. The van der Waals surface area contributed by atoms with Crippen LogP contribution in [0.3, 0.4) is 0 Å². The summed E-state index contributed by atoms with van der Waals surface area (Å²) in [5.74, 6) is -0.000714. The molecule has 0 spiro atoms. The number of aliphatic hydroxyl groups is 1. The summed E-state index contributed by atoms with van der Waals surface area (Å²) in [5, 5.41) is 15.2. The van der Waals surface area contributed by atoms with Crippen molar-refractivity contribution in [2.75, 3.05) is 0 Å². The summed E-state index contributed by atoms with van der Waals surface area (Å²) in [6.45, 7) is 7.29. The lowest BCUT2D eigenvalue weighted by atomic mass is 9.93. The number of ether oxygens (including phenoxy) is 1. The van der Waals surface area contributed by atoms with Crippen LogP contribution in [0.25, 0.3) is 0 Å². The maximum Gasteiger partial charge on any atom is 0.407 e. The number of hydrogen-bond donors (Lipinski definition) is 3. The second-order valence-corrected chi connectivity index (χ2v) is 7.16. The van der Waals surface area contributed by atoms with E-state index in [0.29, 0.717) is 12.8 Å². The number of nitrogens with one attached hydrogen (secondary N) is 2. The fourth-order valence-electron chi connectivity index (χ4n) is 2.45. The highest BCUT2D eigenvalue weighted by atomic mass is 16.6. The Morgan fingerprint density at radius 3 is 2.36 bits per heavy atom. The number of carbonyl (C=O) groups excluding carboxylic acids is 2. The van der Waals surface area contributed by atoms with Gasteiger partial charge in [-0.05, 0) is 59.8 Å². The fourth-order valence-corrected chi connectivity index (χ4v) is 2.45. The Labute approximate surface area is 133 Å². The van der Waals surface area contributed by atoms with Gasteiger partial charge < -0.3 is 20.5 Å². The Morgan fingerprint density at radius 1 is 1.23 bits per heavy atom. The average Bonchev–Trinajstić information content (AvgIpc) is 2.37. The summed E-state index contributed by atoms with van der Waals surface area (Å²) in [6, 6.07) is 0.0544. The molecule has 0 aromatic rings. The quantitative estimate of drug-likeness (QED) is 0.725. The van der Waals surface area contributed by atoms with E-state index in [1.165, 1.54) is 0 Å². The van der Waals surface area contributed by atoms with E-state index in [-0.39, 0.29) is 24.1 Å². The van der Waals surface area contributed by atoms with Gasteiger partial charge in [-0.2, -0.15) is 0 Å². The minimum Gasteiger partial charge on any atom is -0.444 e. The molecule has 1 aliphatic carbocycles. The second kappa shape index (κ2) is 8.36. The lowest BCUT2D eigenvalue weighted by Gasteiger charge is -2.26. The van der Waals surface area contributed by atoms with Crippen molar-refractivity contribution in [1.29, 1.82) is 0 Å². The molecule has 0 aromatic heterocycles. The van der Waals surface area contributed by atoms with E-state index < -0.39 is 11.7 Å². The minimum atomic E-state index is -0.521. The molecule has 0 aromatic carbocycles. The molecule has 0 saturated heterocycles. The van der Waals surface area contributed by atoms with Gasteiger partial charge in [-0.15, -0.1) is 0 Å². The number of alkyl carbamates (subject to hydrolysis) is 1. The van der Waals surface area contributed by atoms with Crippen molar-refractivity contribution in [2.45, 2.75) is 90.0 Å². The molecule has 2 amide bonds. The van der Waals surface area contributed by atoms with Gasteiger partial charge >= 0.3 is 6.09 Å². The Bertz CT molecular complexity index is 371. The summed E-state index contributed by atoms with van der Waals surface area (Å²) in [4.78, 5) is 23.5. The molecule has 6 nitrogen and oxygen atoms in total. The first-order valence-electron chi connectivity index (χ1n) is 8.12. The number of aliphatic hydroxyl groups excluding tert-OH is 1. The highest BCUT2D eigenvalue weighted by Crippen LogP contribution is 2.18. The Kier molecular flexibility index (Phi) is 7.13. The van der Waals surface area contributed by atoms with Crippen molar-refractivity contribution in [1.82, 2.24) is 10.6 Å². The van der Waals surface area contributed by atoms with Gasteiger partial charge in [-0.3, -0.25) is 4.79 Å². The smallest absolute Gasteiger partial charge is 0.407 e. The first kappa shape index (κ1) is 18.7. The van der Waals surface area contributed by atoms with E-state index in [9.17, 15) is 14.7 Å². The van der Waals surface area contributed by atoms with Crippen molar-refractivity contribution in [3.05, 3.63) is 0 Å². The number of rotatable bonds is 5. The van der Waals surface area contributed by atoms with Gasteiger partial charge in [0.05, 0.1) is 6.10 Å². The van der Waals surface area contributed by atoms with Crippen LogP contribution in [0.4, 0.5) is 4.79 Å². The van der Waals surface area contributed by atoms with E-state index in [2.05, 4.69) is 10.6 Å². The van der Waals surface area contributed by atoms with Crippen LogP contribution >= 0.6 is 0 Å². The molecule has 0 radical (unpaired) electrons. The van der Waals surface area contributed by atoms with Gasteiger partial charge in [0.15, 0.2) is 0 Å². The predicted molar refractivity (Wildman–Crippen MR) is 84.5 cm³/mol. The SMILES string of the molecule is CC(CCC(=O)NC1CCC(O)CC1)NC(=O)OC(C)(C)C. The Balaban J connectivity index is 2.19. The summed E-state index contributed by atoms with van der Waals surface area (Å²) in [6.07, 6.45) is 3.43. The van der Waals surface area contributed by atoms with Crippen molar-refractivity contribution >= 4 is 12.0 Å². The number of hydrogen-bond acceptors (Lipinski definition) is 4. The van der Waals surface area contributed by atoms with Crippen LogP contribution in [0.5, 0.6) is 0 Å². The predicted octanol–water partition coefficient (Wildman–Crippen LogP) is 2.10. The van der Waals surface area contributed by atoms with Gasteiger partial charge in [0, 0.05) is 18.5 Å². The molecule has 0 heterocycles. The molecule has 128 valence electrons. The van der Waals surface area contributed by atoms with E-state index in [1.807, 2.05) is 27.7 Å². The first-order valence-corrected chi connectivity index (χ1v) is 8.12. The van der Waals surface area contributed by atoms with Gasteiger partial charge in [0.25, 0.3) is 0 Å². The summed E-state index contributed by atoms with van der Waals surface area (Å²) < 4.78 is 5.17. The zero-order chi connectivity index (χ0) is 16.8. The van der Waals surface area contributed by atoms with Crippen molar-refractivity contribution < 1.29 is 19.4 Å². The third-order valence-corrected chi connectivity index (χ3v) is 3.63. The van der Waals surface area contributed by atoms with E-state index in [1.54, 1.807) is 0 Å². The van der Waals surface area contributed by atoms with Crippen LogP contribution in [0, 0.1) is 0 Å². The normalized spacial score (nSPS) is 23.5. The zero-order valence-electron chi connectivity index (χ0n) is 14.1. The van der Waals surface area contributed by atoms with Crippen molar-refractivity contribution in [2.24, 2.45) is 0 Å². The summed E-state index contributed by atoms with van der Waals surface area (Å²) in [5.41, 5.74) is -0.521. The lowest BCUT2D eigenvalue weighted by molar-refractivity contribution is -0.122. The third-order valence-electron chi connectivity index (χ3n) is 3.63. The van der Waals surface area contributed by atoms with Crippen LogP contribution in [0.2, 0.25) is 0 Å². The van der Waals surface area contributed by atoms with E-state index in [4.69, 9.17) is 4.74 Å².